The van der Waals surface area contributed by atoms with Gasteiger partial charge in [0.25, 0.3) is 0 Å². The van der Waals surface area contributed by atoms with E-state index in [1.165, 1.54) is 11.8 Å². The Morgan fingerprint density at radius 1 is 0.800 bits per heavy atom. The monoisotopic (exact) mass is 896 g/mol. The summed E-state index contributed by atoms with van der Waals surface area (Å²) in [7, 11) is 0. The number of para-hydroxylation sites is 1. The van der Waals surface area contributed by atoms with Crippen molar-refractivity contribution in [2.75, 3.05) is 19.6 Å². The van der Waals surface area contributed by atoms with Gasteiger partial charge in [0.05, 0.1) is 0 Å². The minimum Gasteiger partial charge on any atom is -0.370 e. The molecule has 6 atom stereocenters. The van der Waals surface area contributed by atoms with Crippen molar-refractivity contribution in [3.05, 3.63) is 71.9 Å². The Morgan fingerprint density at radius 2 is 1.51 bits per heavy atom. The summed E-state index contributed by atoms with van der Waals surface area (Å²) in [4.78, 5) is 107. The number of aromatic nitrogens is 1. The Kier molecular flexibility index (Phi) is 17.3. The summed E-state index contributed by atoms with van der Waals surface area (Å²) in [5, 5.41) is 18.2. The molecule has 65 heavy (non-hydrogen) atoms. The normalized spacial score (nSPS) is 23.4. The summed E-state index contributed by atoms with van der Waals surface area (Å²) in [6, 6.07) is 10.5. The molecule has 2 aromatic carbocycles. The highest BCUT2D eigenvalue weighted by molar-refractivity contribution is 5.98. The van der Waals surface area contributed by atoms with Gasteiger partial charge in [0.15, 0.2) is 5.96 Å². The third-order valence-corrected chi connectivity index (χ3v) is 12.6. The van der Waals surface area contributed by atoms with E-state index in [0.29, 0.717) is 25.7 Å². The van der Waals surface area contributed by atoms with E-state index in [1.54, 1.807) is 6.20 Å². The van der Waals surface area contributed by atoms with Crippen LogP contribution in [0.4, 0.5) is 0 Å². The predicted octanol–water partition coefficient (Wildman–Crippen LogP) is 1.32. The van der Waals surface area contributed by atoms with Gasteiger partial charge in [0.1, 0.15) is 36.3 Å². The first-order chi connectivity index (χ1) is 31.4. The van der Waals surface area contributed by atoms with Crippen LogP contribution in [0.25, 0.3) is 10.9 Å². The van der Waals surface area contributed by atoms with Crippen molar-refractivity contribution in [1.82, 2.24) is 41.8 Å². The molecule has 3 heterocycles. The average molecular weight is 896 g/mol. The van der Waals surface area contributed by atoms with Crippen molar-refractivity contribution in [3.63, 3.8) is 0 Å². The fraction of sp³-hybridized carbons (Fsp3) is 0.532. The highest BCUT2D eigenvalue weighted by Gasteiger charge is 2.40. The first-order valence-electron chi connectivity index (χ1n) is 23.1. The number of nitrogens with two attached hydrogens (primary N) is 2. The van der Waals surface area contributed by atoms with Gasteiger partial charge in [-0.3, -0.25) is 38.6 Å². The van der Waals surface area contributed by atoms with Gasteiger partial charge in [0, 0.05) is 56.5 Å². The van der Waals surface area contributed by atoms with Crippen LogP contribution in [0.2, 0.25) is 0 Å². The Hall–Kier alpha value is -6.46. The van der Waals surface area contributed by atoms with Crippen LogP contribution in [0.3, 0.4) is 0 Å². The zero-order valence-corrected chi connectivity index (χ0v) is 37.2. The third kappa shape index (κ3) is 13.8. The van der Waals surface area contributed by atoms with E-state index in [4.69, 9.17) is 11.5 Å². The van der Waals surface area contributed by atoms with Crippen molar-refractivity contribution in [1.29, 1.82) is 0 Å². The number of nitrogens with zero attached hydrogens (tertiary/aromatic N) is 2. The van der Waals surface area contributed by atoms with Crippen molar-refractivity contribution in [2.24, 2.45) is 22.4 Å². The van der Waals surface area contributed by atoms with Crippen molar-refractivity contribution in [2.45, 2.75) is 133 Å². The standard InChI is InChI=1S/C47H65N11O7/c1-29(59)53-37(25-30-13-4-2-5-14-30)42(61)55-36-20-11-22-50-41(60)35(19-10-23-51-47(48)49)54-44(63)39(27-32-28-52-34-18-9-8-17-33(32)34)56-43(62)38(26-31-15-6-3-7-16-31)57-45(64)40-21-12-24-58(40)46(36)65/h2,4-5,8-9,13-14,17-18,28,31,35-40,52H,3,6-7,10-12,15-16,19-27H2,1H3,(H,50,60)(H,53,59)(H,54,63)(H,55,61)(H,56,62)(H,57,64)(H4,48,49,51)/t35-,36-,37-,38?,39-,40-/m0/s1. The van der Waals surface area contributed by atoms with Gasteiger partial charge < -0.3 is 53.3 Å². The summed E-state index contributed by atoms with van der Waals surface area (Å²) >= 11 is 0. The van der Waals surface area contributed by atoms with Crippen LogP contribution in [0.1, 0.15) is 95.1 Å². The molecular formula is C47H65N11O7. The van der Waals surface area contributed by atoms with Crippen LogP contribution in [-0.4, -0.2) is 113 Å². The zero-order chi connectivity index (χ0) is 46.3. The largest absolute Gasteiger partial charge is 0.370 e. The van der Waals surface area contributed by atoms with Gasteiger partial charge in [-0.2, -0.15) is 0 Å². The number of rotatable bonds is 13. The molecule has 350 valence electrons. The zero-order valence-electron chi connectivity index (χ0n) is 37.2. The minimum atomic E-state index is -1.14. The van der Waals surface area contributed by atoms with Crippen LogP contribution < -0.4 is 43.4 Å². The van der Waals surface area contributed by atoms with Crippen molar-refractivity contribution >= 4 is 58.2 Å². The highest BCUT2D eigenvalue weighted by Crippen LogP contribution is 2.28. The first kappa shape index (κ1) is 48.0. The Morgan fingerprint density at radius 3 is 2.26 bits per heavy atom. The molecule has 1 saturated carbocycles. The summed E-state index contributed by atoms with van der Waals surface area (Å²) in [5.41, 5.74) is 13.5. The molecule has 1 unspecified atom stereocenters. The summed E-state index contributed by atoms with van der Waals surface area (Å²) in [6.07, 6.45) is 8.88. The number of nitrogens with one attached hydrogen (secondary N) is 7. The third-order valence-electron chi connectivity index (χ3n) is 12.6. The molecule has 2 saturated heterocycles. The first-order valence-corrected chi connectivity index (χ1v) is 23.1. The summed E-state index contributed by atoms with van der Waals surface area (Å²) < 4.78 is 0. The molecule has 18 heteroatoms. The smallest absolute Gasteiger partial charge is 0.245 e. The number of fused-ring (bicyclic) bond motifs is 2. The number of carbonyl (C=O) groups is 7. The van der Waals surface area contributed by atoms with E-state index in [0.717, 1.165) is 54.1 Å². The molecule has 11 N–H and O–H groups in total. The Labute approximate surface area is 379 Å². The van der Waals surface area contributed by atoms with E-state index in [2.05, 4.69) is 41.9 Å². The van der Waals surface area contributed by atoms with Gasteiger partial charge >= 0.3 is 0 Å². The average Bonchev–Trinajstić information content (AvgIpc) is 3.95. The second-order valence-electron chi connectivity index (χ2n) is 17.6. The van der Waals surface area contributed by atoms with Crippen LogP contribution in [0.5, 0.6) is 0 Å². The van der Waals surface area contributed by atoms with Gasteiger partial charge in [-0.15, -0.1) is 0 Å². The van der Waals surface area contributed by atoms with Gasteiger partial charge in [-0.25, -0.2) is 0 Å². The van der Waals surface area contributed by atoms with Crippen molar-refractivity contribution in [3.8, 4) is 0 Å². The van der Waals surface area contributed by atoms with Crippen LogP contribution in [-0.2, 0) is 46.4 Å². The number of hydrogen-bond donors (Lipinski definition) is 9. The quantitative estimate of drug-likeness (QED) is 0.0679. The number of aromatic amines is 1. The molecule has 2 aliphatic heterocycles. The van der Waals surface area contributed by atoms with E-state index in [-0.39, 0.29) is 63.6 Å². The SMILES string of the molecule is CC(=O)N[C@@H](Cc1ccccc1)C(=O)N[C@H]1CCCNC(=O)[C@H](CCCN=C(N)N)NC(=O)[C@H](Cc2c[nH]c3ccccc23)NC(=O)C(CC2CCCCC2)NC(=O)[C@@H]2CCCN2C1=O. The van der Waals surface area contributed by atoms with E-state index in [1.807, 2.05) is 54.6 Å². The van der Waals surface area contributed by atoms with E-state index in [9.17, 15) is 33.6 Å². The molecule has 18 nitrogen and oxygen atoms in total. The number of H-pyrrole nitrogens is 1. The molecule has 0 bridgehead atoms. The van der Waals surface area contributed by atoms with Crippen LogP contribution in [0, 0.1) is 5.92 Å². The lowest BCUT2D eigenvalue weighted by Gasteiger charge is -2.32. The lowest BCUT2D eigenvalue weighted by Crippen LogP contribution is -2.60. The van der Waals surface area contributed by atoms with Crippen molar-refractivity contribution < 1.29 is 33.6 Å². The predicted molar refractivity (Wildman–Crippen MR) is 246 cm³/mol. The van der Waals surface area contributed by atoms with Gasteiger partial charge in [-0.1, -0.05) is 80.6 Å². The molecule has 6 rings (SSSR count). The number of carbonyl (C=O) groups excluding carboxylic acids is 7. The lowest BCUT2D eigenvalue weighted by molar-refractivity contribution is -0.142. The molecule has 1 aliphatic carbocycles. The van der Waals surface area contributed by atoms with Crippen LogP contribution in [0.15, 0.2) is 65.8 Å². The molecule has 1 aromatic heterocycles. The van der Waals surface area contributed by atoms with E-state index < -0.39 is 77.6 Å². The number of benzene rings is 2. The molecular weight excluding hydrogens is 831 g/mol. The maximum Gasteiger partial charge on any atom is 0.245 e. The Bertz CT molecular complexity index is 2170. The second-order valence-corrected chi connectivity index (χ2v) is 17.6. The molecule has 7 amide bonds. The molecule has 3 aromatic rings. The Balaban J connectivity index is 1.31. The molecule has 3 aliphatic rings. The number of amides is 7. The maximum absolute atomic E-state index is 14.6. The molecule has 0 radical (unpaired) electrons. The number of guanidine groups is 1. The molecule has 0 spiro atoms. The maximum atomic E-state index is 14.6. The summed E-state index contributed by atoms with van der Waals surface area (Å²) in [5.74, 6) is -3.59. The summed E-state index contributed by atoms with van der Waals surface area (Å²) in [6.45, 7) is 1.82. The highest BCUT2D eigenvalue weighted by atomic mass is 16.2. The second kappa shape index (κ2) is 23.5. The molecule has 3 fully saturated rings. The van der Waals surface area contributed by atoms with Gasteiger partial charge in [0.2, 0.25) is 41.4 Å². The topological polar surface area (TPSA) is 275 Å². The minimum absolute atomic E-state index is 0.0696. The fourth-order valence-electron chi connectivity index (χ4n) is 9.28. The fourth-order valence-corrected chi connectivity index (χ4v) is 9.28. The van der Waals surface area contributed by atoms with Crippen LogP contribution >= 0.6 is 0 Å². The lowest BCUT2D eigenvalue weighted by atomic mass is 9.84. The van der Waals surface area contributed by atoms with E-state index >= 15 is 0 Å². The van der Waals surface area contributed by atoms with Gasteiger partial charge in [-0.05, 0) is 68.1 Å². The number of aliphatic imine (C=N–C) groups is 1. The number of hydrogen-bond acceptors (Lipinski definition) is 8.